The molecule has 0 aromatic rings. The normalized spacial score (nSPS) is 16.7. The van der Waals surface area contributed by atoms with Gasteiger partial charge in [-0.05, 0) is 13.3 Å². The Morgan fingerprint density at radius 3 is 2.27 bits per heavy atom. The van der Waals surface area contributed by atoms with Gasteiger partial charge in [0.1, 0.15) is 6.10 Å². The second-order valence-corrected chi connectivity index (χ2v) is 4.72. The molecule has 1 N–H and O–H groups in total. The SMILES string of the molecule is CC/C(C)=C/C(O)C(Cl)(Cl)Cl. The molecule has 0 aliphatic heterocycles. The second kappa shape index (κ2) is 4.56. The Morgan fingerprint density at radius 2 is 2.00 bits per heavy atom. The van der Waals surface area contributed by atoms with Gasteiger partial charge in [0.15, 0.2) is 0 Å². The number of aliphatic hydroxyl groups excluding tert-OH is 1. The van der Waals surface area contributed by atoms with Crippen LogP contribution in [0.4, 0.5) is 0 Å². The lowest BCUT2D eigenvalue weighted by Gasteiger charge is -2.15. The van der Waals surface area contributed by atoms with E-state index in [0.29, 0.717) is 0 Å². The van der Waals surface area contributed by atoms with Crippen LogP contribution in [0.1, 0.15) is 20.3 Å². The molecule has 0 bridgehead atoms. The first kappa shape index (κ1) is 11.6. The molecule has 4 heteroatoms. The molecule has 0 aromatic carbocycles. The summed E-state index contributed by atoms with van der Waals surface area (Å²) >= 11 is 16.3. The van der Waals surface area contributed by atoms with E-state index in [9.17, 15) is 5.11 Å². The minimum atomic E-state index is -1.61. The molecule has 0 heterocycles. The summed E-state index contributed by atoms with van der Waals surface area (Å²) < 4.78 is -1.61. The molecule has 0 aliphatic carbocycles. The average Bonchev–Trinajstić information content (AvgIpc) is 1.85. The first-order valence-electron chi connectivity index (χ1n) is 3.30. The van der Waals surface area contributed by atoms with E-state index in [4.69, 9.17) is 34.8 Å². The second-order valence-electron chi connectivity index (χ2n) is 2.35. The molecule has 1 nitrogen and oxygen atoms in total. The molecule has 0 rings (SSSR count). The van der Waals surface area contributed by atoms with Gasteiger partial charge in [-0.1, -0.05) is 53.4 Å². The van der Waals surface area contributed by atoms with Gasteiger partial charge >= 0.3 is 0 Å². The maximum Gasteiger partial charge on any atom is 0.219 e. The van der Waals surface area contributed by atoms with Crippen LogP contribution in [-0.2, 0) is 0 Å². The molecular formula is C7H11Cl3O. The van der Waals surface area contributed by atoms with Gasteiger partial charge in [0.2, 0.25) is 3.79 Å². The number of hydrogen-bond donors (Lipinski definition) is 1. The maximum atomic E-state index is 9.22. The fourth-order valence-electron chi connectivity index (χ4n) is 0.482. The zero-order valence-corrected chi connectivity index (χ0v) is 8.71. The van der Waals surface area contributed by atoms with Crippen LogP contribution in [0.15, 0.2) is 11.6 Å². The van der Waals surface area contributed by atoms with Crippen LogP contribution < -0.4 is 0 Å². The van der Waals surface area contributed by atoms with E-state index in [1.54, 1.807) is 6.08 Å². The smallest absolute Gasteiger partial charge is 0.219 e. The Kier molecular flexibility index (Phi) is 4.80. The van der Waals surface area contributed by atoms with Gasteiger partial charge in [0.05, 0.1) is 0 Å². The molecule has 1 atom stereocenters. The van der Waals surface area contributed by atoms with Crippen molar-refractivity contribution in [2.24, 2.45) is 0 Å². The Balaban J connectivity index is 4.17. The van der Waals surface area contributed by atoms with Crippen molar-refractivity contribution in [3.8, 4) is 0 Å². The quantitative estimate of drug-likeness (QED) is 0.557. The lowest BCUT2D eigenvalue weighted by atomic mass is 10.2. The summed E-state index contributed by atoms with van der Waals surface area (Å²) in [5, 5.41) is 9.22. The lowest BCUT2D eigenvalue weighted by molar-refractivity contribution is 0.226. The van der Waals surface area contributed by atoms with Crippen molar-refractivity contribution >= 4 is 34.8 Å². The van der Waals surface area contributed by atoms with Crippen molar-refractivity contribution in [1.82, 2.24) is 0 Å². The van der Waals surface area contributed by atoms with Crippen LogP contribution in [0.2, 0.25) is 0 Å². The predicted octanol–water partition coefficient (Wildman–Crippen LogP) is 3.07. The monoisotopic (exact) mass is 216 g/mol. The molecule has 11 heavy (non-hydrogen) atoms. The summed E-state index contributed by atoms with van der Waals surface area (Å²) in [4.78, 5) is 0. The highest BCUT2D eigenvalue weighted by atomic mass is 35.6. The van der Waals surface area contributed by atoms with Crippen molar-refractivity contribution in [2.45, 2.75) is 30.2 Å². The van der Waals surface area contributed by atoms with E-state index in [0.717, 1.165) is 12.0 Å². The molecule has 0 aliphatic rings. The van der Waals surface area contributed by atoms with E-state index in [2.05, 4.69) is 0 Å². The van der Waals surface area contributed by atoms with Gasteiger partial charge in [-0.25, -0.2) is 0 Å². The average molecular weight is 218 g/mol. The Hall–Kier alpha value is 0.570. The zero-order valence-electron chi connectivity index (χ0n) is 6.44. The predicted molar refractivity (Wildman–Crippen MR) is 50.3 cm³/mol. The molecule has 0 radical (unpaired) electrons. The van der Waals surface area contributed by atoms with Crippen LogP contribution in [0.5, 0.6) is 0 Å². The van der Waals surface area contributed by atoms with E-state index in [-0.39, 0.29) is 0 Å². The molecule has 0 saturated carbocycles. The summed E-state index contributed by atoms with van der Waals surface area (Å²) in [6, 6.07) is 0. The molecule has 66 valence electrons. The highest BCUT2D eigenvalue weighted by Gasteiger charge is 2.28. The van der Waals surface area contributed by atoms with Gasteiger partial charge < -0.3 is 5.11 Å². The first-order chi connectivity index (χ1) is 4.88. The van der Waals surface area contributed by atoms with Crippen LogP contribution in [-0.4, -0.2) is 15.0 Å². The highest BCUT2D eigenvalue weighted by molar-refractivity contribution is 6.68. The molecule has 0 spiro atoms. The molecule has 0 aromatic heterocycles. The van der Waals surface area contributed by atoms with E-state index in [1.807, 2.05) is 13.8 Å². The van der Waals surface area contributed by atoms with Gasteiger partial charge in [0.25, 0.3) is 0 Å². The summed E-state index contributed by atoms with van der Waals surface area (Å²) in [5.74, 6) is 0. The topological polar surface area (TPSA) is 20.2 Å². The maximum absolute atomic E-state index is 9.22. The number of hydrogen-bond acceptors (Lipinski definition) is 1. The zero-order chi connectivity index (χ0) is 9.07. The summed E-state index contributed by atoms with van der Waals surface area (Å²) in [5.41, 5.74) is 1.00. The van der Waals surface area contributed by atoms with Gasteiger partial charge in [0, 0.05) is 0 Å². The number of rotatable bonds is 2. The molecular weight excluding hydrogens is 206 g/mol. The molecule has 0 fully saturated rings. The third-order valence-corrected chi connectivity index (χ3v) is 2.01. The largest absolute Gasteiger partial charge is 0.385 e. The third-order valence-electron chi connectivity index (χ3n) is 1.34. The fourth-order valence-corrected chi connectivity index (χ4v) is 0.671. The van der Waals surface area contributed by atoms with Crippen LogP contribution >= 0.6 is 34.8 Å². The van der Waals surface area contributed by atoms with Gasteiger partial charge in [-0.3, -0.25) is 0 Å². The summed E-state index contributed by atoms with van der Waals surface area (Å²) in [7, 11) is 0. The third kappa shape index (κ3) is 4.91. The van der Waals surface area contributed by atoms with Gasteiger partial charge in [-0.2, -0.15) is 0 Å². The minimum Gasteiger partial charge on any atom is -0.385 e. The van der Waals surface area contributed by atoms with E-state index >= 15 is 0 Å². The number of halogens is 3. The van der Waals surface area contributed by atoms with E-state index in [1.165, 1.54) is 0 Å². The van der Waals surface area contributed by atoms with Crippen LogP contribution in [0.25, 0.3) is 0 Å². The van der Waals surface area contributed by atoms with Crippen molar-refractivity contribution in [3.05, 3.63) is 11.6 Å². The number of alkyl halides is 3. The Morgan fingerprint density at radius 1 is 1.55 bits per heavy atom. The molecule has 0 amide bonds. The fraction of sp³-hybridized carbons (Fsp3) is 0.714. The first-order valence-corrected chi connectivity index (χ1v) is 4.43. The number of allylic oxidation sites excluding steroid dienone is 1. The van der Waals surface area contributed by atoms with Crippen LogP contribution in [0.3, 0.4) is 0 Å². The summed E-state index contributed by atoms with van der Waals surface area (Å²) in [6.45, 7) is 3.84. The number of aliphatic hydroxyl groups is 1. The van der Waals surface area contributed by atoms with Crippen molar-refractivity contribution < 1.29 is 5.11 Å². The standard InChI is InChI=1S/C7H11Cl3O/c1-3-5(2)4-6(11)7(8,9)10/h4,6,11H,3H2,1-2H3/b5-4+. The van der Waals surface area contributed by atoms with Crippen LogP contribution in [0, 0.1) is 0 Å². The molecule has 0 saturated heterocycles. The molecule has 1 unspecified atom stereocenters. The van der Waals surface area contributed by atoms with Crippen molar-refractivity contribution in [2.75, 3.05) is 0 Å². The van der Waals surface area contributed by atoms with Crippen molar-refractivity contribution in [3.63, 3.8) is 0 Å². The lowest BCUT2D eigenvalue weighted by Crippen LogP contribution is -2.22. The Bertz CT molecular complexity index is 148. The summed E-state index contributed by atoms with van der Waals surface area (Å²) in [6.07, 6.45) is 1.37. The highest BCUT2D eigenvalue weighted by Crippen LogP contribution is 2.31. The van der Waals surface area contributed by atoms with Crippen molar-refractivity contribution in [1.29, 1.82) is 0 Å². The Labute approximate surface area is 81.9 Å². The van der Waals surface area contributed by atoms with Gasteiger partial charge in [-0.15, -0.1) is 0 Å². The van der Waals surface area contributed by atoms with E-state index < -0.39 is 9.90 Å². The minimum absolute atomic E-state index is 0.845.